The Kier molecular flexibility index (Phi) is 1.74. The Balaban J connectivity index is 4.10. The van der Waals surface area contributed by atoms with E-state index < -0.39 is 15.6 Å². The maximum absolute atomic E-state index is 9.71. The highest BCUT2D eigenvalue weighted by Gasteiger charge is 2.13. The van der Waals surface area contributed by atoms with Gasteiger partial charge in [-0.05, 0) is 6.92 Å². The van der Waals surface area contributed by atoms with E-state index >= 15 is 0 Å². The van der Waals surface area contributed by atoms with Crippen LogP contribution in [0.4, 0.5) is 0 Å². The van der Waals surface area contributed by atoms with Gasteiger partial charge in [-0.3, -0.25) is 4.55 Å². The van der Waals surface area contributed by atoms with Crippen molar-refractivity contribution in [3.63, 3.8) is 0 Å². The average Bonchev–Trinajstić information content (AvgIpc) is 1.31. The van der Waals surface area contributed by atoms with Crippen LogP contribution in [0.25, 0.3) is 0 Å². The molecule has 0 heterocycles. The van der Waals surface area contributed by atoms with Crippen molar-refractivity contribution < 1.29 is 18.1 Å². The minimum absolute atomic E-state index is 0.856. The van der Waals surface area contributed by atoms with Crippen LogP contribution in [0.1, 0.15) is 6.92 Å². The third-order valence-electron chi connectivity index (χ3n) is 0.419. The third-order valence-corrected chi connectivity index (χ3v) is 1.26. The van der Waals surface area contributed by atoms with Crippen LogP contribution in [0.3, 0.4) is 0 Å². The van der Waals surface area contributed by atoms with Crippen LogP contribution in [-0.4, -0.2) is 18.4 Å². The molecule has 0 amide bonds. The van der Waals surface area contributed by atoms with Gasteiger partial charge in [-0.15, -0.1) is 0 Å². The first-order valence-electron chi connectivity index (χ1n) is 1.56. The van der Waals surface area contributed by atoms with E-state index in [1.165, 1.54) is 0 Å². The number of hydrogen-bond donors (Lipinski definition) is 1. The van der Waals surface area contributed by atoms with Crippen molar-refractivity contribution >= 4 is 10.1 Å². The Bertz CT molecular complexity index is 132. The summed E-state index contributed by atoms with van der Waals surface area (Å²) < 4.78 is 26.9. The van der Waals surface area contributed by atoms with Crippen LogP contribution in [0, 0.1) is 0 Å². The first-order valence-corrected chi connectivity index (χ1v) is 3.07. The highest BCUT2D eigenvalue weighted by atomic mass is 32.2. The van der Waals surface area contributed by atoms with Crippen molar-refractivity contribution in [3.8, 4) is 0 Å². The van der Waals surface area contributed by atoms with Gasteiger partial charge >= 0.3 is 0 Å². The highest BCUT2D eigenvalue weighted by molar-refractivity contribution is 7.86. The maximum Gasteiger partial charge on any atom is 0.295 e. The van der Waals surface area contributed by atoms with Crippen LogP contribution in [0.15, 0.2) is 0 Å². The van der Waals surface area contributed by atoms with Gasteiger partial charge in [-0.1, -0.05) is 0 Å². The third kappa shape index (κ3) is 2.55. The molecule has 1 unspecified atom stereocenters. The predicted octanol–water partition coefficient (Wildman–Crippen LogP) is -0.349. The molecule has 5 heteroatoms. The summed E-state index contributed by atoms with van der Waals surface area (Å²) in [5.74, 6) is 0. The molecular formula is C2H5O4S. The van der Waals surface area contributed by atoms with E-state index in [1.807, 2.05) is 0 Å². The second-order valence-electron chi connectivity index (χ2n) is 1.08. The molecule has 0 aliphatic carbocycles. The minimum Gasteiger partial charge on any atom is -0.283 e. The summed E-state index contributed by atoms with van der Waals surface area (Å²) >= 11 is 0. The van der Waals surface area contributed by atoms with E-state index in [1.54, 1.807) is 0 Å². The lowest BCUT2D eigenvalue weighted by atomic mass is 10.9. The first kappa shape index (κ1) is 6.87. The molecule has 0 aliphatic heterocycles. The van der Waals surface area contributed by atoms with Gasteiger partial charge in [0, 0.05) is 0 Å². The monoisotopic (exact) mass is 125 g/mol. The van der Waals surface area contributed by atoms with Crippen molar-refractivity contribution in [2.45, 2.75) is 12.4 Å². The molecule has 0 fully saturated rings. The van der Waals surface area contributed by atoms with Crippen LogP contribution in [0.2, 0.25) is 0 Å². The molecule has 1 N–H and O–H groups in total. The number of hydrogen-bond acceptors (Lipinski definition) is 2. The Morgan fingerprint density at radius 2 is 1.71 bits per heavy atom. The molecule has 7 heavy (non-hydrogen) atoms. The van der Waals surface area contributed by atoms with Gasteiger partial charge in [0.1, 0.15) is 0 Å². The van der Waals surface area contributed by atoms with Gasteiger partial charge in [-0.2, -0.15) is 8.42 Å². The van der Waals surface area contributed by atoms with Gasteiger partial charge in [0.15, 0.2) is 0 Å². The summed E-state index contributed by atoms with van der Waals surface area (Å²) in [5, 5.41) is 9.71. The fraction of sp³-hybridized carbons (Fsp3) is 1.00. The molecule has 0 bridgehead atoms. The highest BCUT2D eigenvalue weighted by Crippen LogP contribution is 1.89. The minimum atomic E-state index is -4.30. The van der Waals surface area contributed by atoms with Crippen LogP contribution < -0.4 is 0 Å². The van der Waals surface area contributed by atoms with Gasteiger partial charge in [0.25, 0.3) is 10.1 Å². The van der Waals surface area contributed by atoms with Crippen molar-refractivity contribution in [3.05, 3.63) is 0 Å². The van der Waals surface area contributed by atoms with Crippen LogP contribution in [0.5, 0.6) is 0 Å². The predicted molar refractivity (Wildman–Crippen MR) is 21.7 cm³/mol. The Labute approximate surface area is 41.5 Å². The van der Waals surface area contributed by atoms with E-state index in [4.69, 9.17) is 4.55 Å². The molecule has 0 aromatic rings. The molecule has 0 spiro atoms. The lowest BCUT2D eigenvalue weighted by Crippen LogP contribution is -2.12. The van der Waals surface area contributed by atoms with Gasteiger partial charge < -0.3 is 0 Å². The standard InChI is InChI=1S/C2H5O4S/c1-2(3)7(4,5)6/h2H,1H3,(H,4,5,6). The molecular weight excluding hydrogens is 120 g/mol. The Morgan fingerprint density at radius 3 is 1.71 bits per heavy atom. The molecule has 0 rings (SSSR count). The topological polar surface area (TPSA) is 74.3 Å². The second kappa shape index (κ2) is 1.77. The number of rotatable bonds is 1. The van der Waals surface area contributed by atoms with E-state index in [-0.39, 0.29) is 0 Å². The molecule has 0 saturated heterocycles. The van der Waals surface area contributed by atoms with Crippen molar-refractivity contribution in [2.24, 2.45) is 0 Å². The first-order chi connectivity index (χ1) is 2.94. The molecule has 0 aromatic heterocycles. The second-order valence-corrected chi connectivity index (χ2v) is 2.78. The summed E-state index contributed by atoms with van der Waals surface area (Å²) in [6, 6.07) is 0. The van der Waals surface area contributed by atoms with E-state index in [0.717, 1.165) is 6.92 Å². The summed E-state index contributed by atoms with van der Waals surface area (Å²) in [7, 11) is -4.30. The van der Waals surface area contributed by atoms with Gasteiger partial charge in [0.2, 0.25) is 5.44 Å². The molecule has 0 aromatic carbocycles. The Hall–Kier alpha value is -0.130. The quantitative estimate of drug-likeness (QED) is 0.487. The molecule has 1 atom stereocenters. The van der Waals surface area contributed by atoms with E-state index in [0.29, 0.717) is 0 Å². The van der Waals surface area contributed by atoms with Crippen LogP contribution in [-0.2, 0) is 15.2 Å². The summed E-state index contributed by atoms with van der Waals surface area (Å²) in [5.41, 5.74) is -1.92. The SMILES string of the molecule is CC([O])S(=O)(=O)O. The van der Waals surface area contributed by atoms with E-state index in [9.17, 15) is 13.5 Å². The summed E-state index contributed by atoms with van der Waals surface area (Å²) in [6.45, 7) is 0.856. The van der Waals surface area contributed by atoms with E-state index in [2.05, 4.69) is 0 Å². The Morgan fingerprint density at radius 1 is 1.57 bits per heavy atom. The van der Waals surface area contributed by atoms with Crippen molar-refractivity contribution in [1.29, 1.82) is 0 Å². The fourth-order valence-corrected chi connectivity index (χ4v) is 0. The van der Waals surface area contributed by atoms with Crippen molar-refractivity contribution in [2.75, 3.05) is 0 Å². The van der Waals surface area contributed by atoms with Crippen LogP contribution >= 0.6 is 0 Å². The maximum atomic E-state index is 9.71. The molecule has 1 radical (unpaired) electrons. The van der Waals surface area contributed by atoms with Crippen molar-refractivity contribution in [1.82, 2.24) is 0 Å². The zero-order valence-electron chi connectivity index (χ0n) is 3.66. The summed E-state index contributed by atoms with van der Waals surface area (Å²) in [4.78, 5) is 0. The molecule has 4 nitrogen and oxygen atoms in total. The zero-order valence-corrected chi connectivity index (χ0v) is 4.47. The fourth-order valence-electron chi connectivity index (χ4n) is 0. The zero-order chi connectivity index (χ0) is 6.08. The van der Waals surface area contributed by atoms with Gasteiger partial charge in [-0.25, -0.2) is 5.11 Å². The molecule has 0 aliphatic rings. The molecule has 0 saturated carbocycles. The smallest absolute Gasteiger partial charge is 0.283 e. The molecule has 43 valence electrons. The largest absolute Gasteiger partial charge is 0.295 e. The lowest BCUT2D eigenvalue weighted by molar-refractivity contribution is 0.160. The lowest BCUT2D eigenvalue weighted by Gasteiger charge is -1.90. The summed E-state index contributed by atoms with van der Waals surface area (Å²) in [6.07, 6.45) is 0. The van der Waals surface area contributed by atoms with Gasteiger partial charge in [0.05, 0.1) is 0 Å². The normalized spacial score (nSPS) is 16.4. The average molecular weight is 125 g/mol.